The summed E-state index contributed by atoms with van der Waals surface area (Å²) in [5.74, 6) is 8.13. The molecule has 1 saturated carbocycles. The Morgan fingerprint density at radius 2 is 1.80 bits per heavy atom. The molecule has 3 aliphatic rings. The minimum absolute atomic E-state index is 0.0936. The van der Waals surface area contributed by atoms with Crippen molar-refractivity contribution in [2.24, 2.45) is 29.4 Å². The number of aliphatic hydroxyl groups excluding tert-OH is 3. The summed E-state index contributed by atoms with van der Waals surface area (Å²) in [5.41, 5.74) is 6.07. The summed E-state index contributed by atoms with van der Waals surface area (Å²) in [5, 5.41) is 34.5. The molecule has 0 radical (unpaired) electrons. The van der Waals surface area contributed by atoms with E-state index >= 15 is 0 Å². The molecular formula is C29H53N2O4+. The first kappa shape index (κ1) is 28.9. The zero-order valence-electron chi connectivity index (χ0n) is 22.1. The summed E-state index contributed by atoms with van der Waals surface area (Å²) in [6.45, 7) is 4.03. The maximum Gasteiger partial charge on any atom is 0.137 e. The molecule has 1 saturated heterocycles. The van der Waals surface area contributed by atoms with Crippen molar-refractivity contribution in [3.05, 3.63) is 0 Å². The van der Waals surface area contributed by atoms with Crippen LogP contribution >= 0.6 is 0 Å². The van der Waals surface area contributed by atoms with Gasteiger partial charge in [0.25, 0.3) is 0 Å². The molecule has 7 N–H and O–H groups in total. The van der Waals surface area contributed by atoms with Crippen LogP contribution in [0.2, 0.25) is 0 Å². The molecule has 6 nitrogen and oxygen atoms in total. The largest absolute Gasteiger partial charge is 0.393 e. The van der Waals surface area contributed by atoms with E-state index in [9.17, 15) is 15.3 Å². The summed E-state index contributed by atoms with van der Waals surface area (Å²) in [7, 11) is 0. The lowest BCUT2D eigenvalue weighted by Gasteiger charge is -2.34. The first-order valence-electron chi connectivity index (χ1n) is 14.7. The Labute approximate surface area is 213 Å². The highest BCUT2D eigenvalue weighted by molar-refractivity contribution is 5.06. The second-order valence-corrected chi connectivity index (χ2v) is 11.7. The minimum Gasteiger partial charge on any atom is -0.393 e. The molecule has 9 atom stereocenters. The summed E-state index contributed by atoms with van der Waals surface area (Å²) in [6.07, 6.45) is 13.2. The summed E-state index contributed by atoms with van der Waals surface area (Å²) in [4.78, 5) is 0. The van der Waals surface area contributed by atoms with Gasteiger partial charge in [0, 0.05) is 31.3 Å². The van der Waals surface area contributed by atoms with Crippen LogP contribution < -0.4 is 11.1 Å². The predicted octanol–water partition coefficient (Wildman–Crippen LogP) is 2.68. The Bertz CT molecular complexity index is 650. The number of hydrogen-bond acceptors (Lipinski definition) is 5. The molecule has 3 rings (SSSR count). The maximum absolute atomic E-state index is 11.0. The van der Waals surface area contributed by atoms with Gasteiger partial charge in [-0.1, -0.05) is 25.7 Å². The van der Waals surface area contributed by atoms with E-state index in [1.165, 1.54) is 6.42 Å². The lowest BCUT2D eigenvalue weighted by atomic mass is 9.79. The van der Waals surface area contributed by atoms with Gasteiger partial charge in [0.1, 0.15) is 6.17 Å². The van der Waals surface area contributed by atoms with Gasteiger partial charge in [0.15, 0.2) is 0 Å². The van der Waals surface area contributed by atoms with Gasteiger partial charge in [0.2, 0.25) is 0 Å². The minimum atomic E-state index is -0.524. The zero-order valence-corrected chi connectivity index (χ0v) is 22.1. The van der Waals surface area contributed by atoms with E-state index in [2.05, 4.69) is 24.1 Å². The molecule has 0 amide bonds. The molecule has 35 heavy (non-hydrogen) atoms. The average molecular weight is 494 g/mol. The van der Waals surface area contributed by atoms with Crippen molar-refractivity contribution in [1.82, 2.24) is 0 Å². The van der Waals surface area contributed by atoms with Crippen LogP contribution in [0.25, 0.3) is 0 Å². The van der Waals surface area contributed by atoms with Crippen LogP contribution in [0.4, 0.5) is 0 Å². The van der Waals surface area contributed by atoms with Crippen LogP contribution in [0, 0.1) is 35.5 Å². The van der Waals surface area contributed by atoms with Gasteiger partial charge < -0.3 is 25.4 Å². The highest BCUT2D eigenvalue weighted by atomic mass is 16.5. The molecule has 0 aromatic carbocycles. The fourth-order valence-corrected chi connectivity index (χ4v) is 6.46. The molecule has 202 valence electrons. The van der Waals surface area contributed by atoms with Crippen LogP contribution in [0.5, 0.6) is 0 Å². The van der Waals surface area contributed by atoms with Crippen LogP contribution in [0.1, 0.15) is 103 Å². The molecule has 1 heterocycles. The predicted molar refractivity (Wildman–Crippen MR) is 139 cm³/mol. The van der Waals surface area contributed by atoms with Crippen molar-refractivity contribution in [3.63, 3.8) is 0 Å². The number of piperidine rings is 1. The Balaban J connectivity index is 1.40. The standard InChI is InChI=1S/C29H52N2O4/c1-2-21-7-3-4-11-25(32)24(10-5-8-21)26(33)14-12-23-13-15-27(34)28(19-23)35-18-6-9-22-16-17-31-29(30)20-22/h21-29,31-34H,2-4,6-7,9-20,30H2,1H3/p+1. The smallest absolute Gasteiger partial charge is 0.137 e. The van der Waals surface area contributed by atoms with E-state index in [-0.39, 0.29) is 24.3 Å². The SMILES string of the molecule is CCC1C#CCC(C(O)CCC2CCC(O)C(OCCCC3CC[NH2+]C(N)C3)C2)C(O)CCCC1. The molecule has 0 aromatic heterocycles. The number of quaternary nitrogens is 1. The molecule has 0 aromatic rings. The Morgan fingerprint density at radius 1 is 1.00 bits per heavy atom. The molecule has 6 heteroatoms. The van der Waals surface area contributed by atoms with E-state index in [4.69, 9.17) is 10.5 Å². The van der Waals surface area contributed by atoms with Crippen molar-refractivity contribution in [2.45, 2.75) is 134 Å². The fourth-order valence-electron chi connectivity index (χ4n) is 6.46. The zero-order chi connectivity index (χ0) is 25.0. The molecule has 2 aliphatic carbocycles. The van der Waals surface area contributed by atoms with Gasteiger partial charge in [-0.05, 0) is 82.5 Å². The average Bonchev–Trinajstić information content (AvgIpc) is 2.85. The van der Waals surface area contributed by atoms with Gasteiger partial charge in [-0.2, -0.15) is 0 Å². The highest BCUT2D eigenvalue weighted by Gasteiger charge is 2.32. The van der Waals surface area contributed by atoms with Gasteiger partial charge in [-0.15, -0.1) is 5.92 Å². The number of rotatable bonds is 10. The normalized spacial score (nSPS) is 37.7. The fraction of sp³-hybridized carbons (Fsp3) is 0.931. The molecule has 0 bridgehead atoms. The molecule has 1 aliphatic heterocycles. The maximum atomic E-state index is 11.0. The quantitative estimate of drug-likeness (QED) is 0.237. The number of ether oxygens (including phenoxy) is 1. The third kappa shape index (κ3) is 9.95. The third-order valence-electron chi connectivity index (χ3n) is 8.90. The molecule has 2 fully saturated rings. The van der Waals surface area contributed by atoms with Gasteiger partial charge in [-0.3, -0.25) is 5.73 Å². The second-order valence-electron chi connectivity index (χ2n) is 11.7. The number of nitrogens with two attached hydrogens (primary N) is 2. The van der Waals surface area contributed by atoms with Crippen molar-refractivity contribution in [3.8, 4) is 11.8 Å². The highest BCUT2D eigenvalue weighted by Crippen LogP contribution is 2.32. The van der Waals surface area contributed by atoms with Crippen molar-refractivity contribution in [1.29, 1.82) is 0 Å². The Hall–Kier alpha value is -0.680. The summed E-state index contributed by atoms with van der Waals surface area (Å²) < 4.78 is 6.15. The van der Waals surface area contributed by atoms with E-state index in [0.29, 0.717) is 37.2 Å². The van der Waals surface area contributed by atoms with Crippen LogP contribution in [0.15, 0.2) is 0 Å². The molecule has 0 spiro atoms. The lowest BCUT2D eigenvalue weighted by Crippen LogP contribution is -2.94. The van der Waals surface area contributed by atoms with Gasteiger partial charge >= 0.3 is 0 Å². The molecule has 9 unspecified atom stereocenters. The van der Waals surface area contributed by atoms with E-state index in [0.717, 1.165) is 83.6 Å². The lowest BCUT2D eigenvalue weighted by molar-refractivity contribution is -0.699. The van der Waals surface area contributed by atoms with Crippen molar-refractivity contribution in [2.75, 3.05) is 13.2 Å². The second kappa shape index (κ2) is 15.5. The first-order valence-corrected chi connectivity index (χ1v) is 14.7. The number of aliphatic hydroxyl groups is 3. The Morgan fingerprint density at radius 3 is 2.60 bits per heavy atom. The van der Waals surface area contributed by atoms with Gasteiger partial charge in [-0.25, -0.2) is 0 Å². The summed E-state index contributed by atoms with van der Waals surface area (Å²) in [6, 6.07) is 0. The van der Waals surface area contributed by atoms with E-state index in [1.807, 2.05) is 0 Å². The van der Waals surface area contributed by atoms with Crippen LogP contribution in [0.3, 0.4) is 0 Å². The Kier molecular flexibility index (Phi) is 12.8. The number of hydrogen-bond donors (Lipinski definition) is 5. The first-order chi connectivity index (χ1) is 17.0. The summed E-state index contributed by atoms with van der Waals surface area (Å²) >= 11 is 0. The monoisotopic (exact) mass is 493 g/mol. The van der Waals surface area contributed by atoms with Crippen LogP contribution in [-0.2, 0) is 4.74 Å². The topological polar surface area (TPSA) is 113 Å². The van der Waals surface area contributed by atoms with Crippen molar-refractivity contribution >= 4 is 0 Å². The van der Waals surface area contributed by atoms with E-state index in [1.54, 1.807) is 0 Å². The van der Waals surface area contributed by atoms with Crippen molar-refractivity contribution < 1.29 is 25.4 Å². The van der Waals surface area contributed by atoms with E-state index < -0.39 is 12.2 Å². The molecular weight excluding hydrogens is 440 g/mol. The van der Waals surface area contributed by atoms with Crippen LogP contribution in [-0.4, -0.2) is 59.1 Å². The third-order valence-corrected chi connectivity index (χ3v) is 8.90. The van der Waals surface area contributed by atoms with Gasteiger partial charge in [0.05, 0.1) is 31.0 Å².